The van der Waals surface area contributed by atoms with E-state index in [-0.39, 0.29) is 0 Å². The number of esters is 2. The minimum atomic E-state index is -0.430. The van der Waals surface area contributed by atoms with Gasteiger partial charge in [0.05, 0.1) is 11.1 Å². The highest BCUT2D eigenvalue weighted by Crippen LogP contribution is 2.20. The largest absolute Gasteiger partial charge is 0.423 e. The Balaban J connectivity index is 1.49. The standard InChI is InChI=1S/C28H30O4/c1-3-4-5-6-7-8-22-11-15-24(16-12-22)28(30)32-26-19-17-25(18-20-26)31-27(29)23-13-9-21(2)10-14-23/h9-20H,3-8H2,1-2H3. The van der Waals surface area contributed by atoms with Crippen molar-refractivity contribution in [2.45, 2.75) is 52.4 Å². The number of aryl methyl sites for hydroxylation is 2. The third kappa shape index (κ3) is 7.09. The minimum absolute atomic E-state index is 0.388. The van der Waals surface area contributed by atoms with Crippen LogP contribution in [0.1, 0.15) is 70.9 Å². The third-order valence-corrected chi connectivity index (χ3v) is 5.29. The first-order valence-electron chi connectivity index (χ1n) is 11.2. The van der Waals surface area contributed by atoms with Gasteiger partial charge in [0.25, 0.3) is 0 Å². The predicted molar refractivity (Wildman–Crippen MR) is 126 cm³/mol. The molecule has 0 saturated carbocycles. The van der Waals surface area contributed by atoms with Crippen LogP contribution in [0.2, 0.25) is 0 Å². The summed E-state index contributed by atoms with van der Waals surface area (Å²) >= 11 is 0. The molecule has 3 aromatic carbocycles. The summed E-state index contributed by atoms with van der Waals surface area (Å²) in [5.74, 6) is -0.0621. The Labute approximate surface area is 190 Å². The highest BCUT2D eigenvalue weighted by atomic mass is 16.5. The molecule has 0 heterocycles. The number of unbranched alkanes of at least 4 members (excludes halogenated alkanes) is 4. The van der Waals surface area contributed by atoms with E-state index in [0.29, 0.717) is 22.6 Å². The molecule has 166 valence electrons. The molecule has 0 amide bonds. The Bertz CT molecular complexity index is 1000. The van der Waals surface area contributed by atoms with Crippen LogP contribution in [0, 0.1) is 6.92 Å². The van der Waals surface area contributed by atoms with Gasteiger partial charge in [-0.05, 0) is 73.9 Å². The zero-order valence-corrected chi connectivity index (χ0v) is 18.8. The smallest absolute Gasteiger partial charge is 0.343 e. The molecule has 0 bridgehead atoms. The zero-order valence-electron chi connectivity index (χ0n) is 18.8. The topological polar surface area (TPSA) is 52.6 Å². The van der Waals surface area contributed by atoms with Crippen LogP contribution in [-0.2, 0) is 6.42 Å². The first kappa shape index (κ1) is 23.3. The maximum absolute atomic E-state index is 12.4. The van der Waals surface area contributed by atoms with Crippen LogP contribution in [0.15, 0.2) is 72.8 Å². The summed E-state index contributed by atoms with van der Waals surface area (Å²) in [6.07, 6.45) is 7.27. The van der Waals surface area contributed by atoms with Crippen molar-refractivity contribution in [2.75, 3.05) is 0 Å². The van der Waals surface area contributed by atoms with Gasteiger partial charge in [-0.2, -0.15) is 0 Å². The van der Waals surface area contributed by atoms with E-state index in [2.05, 4.69) is 6.92 Å². The maximum atomic E-state index is 12.4. The van der Waals surface area contributed by atoms with Gasteiger partial charge in [-0.15, -0.1) is 0 Å². The van der Waals surface area contributed by atoms with Crippen LogP contribution in [0.4, 0.5) is 0 Å². The lowest BCUT2D eigenvalue weighted by Crippen LogP contribution is -2.09. The van der Waals surface area contributed by atoms with Gasteiger partial charge in [-0.25, -0.2) is 9.59 Å². The quantitative estimate of drug-likeness (QED) is 0.198. The summed E-state index contributed by atoms with van der Waals surface area (Å²) in [7, 11) is 0. The predicted octanol–water partition coefficient (Wildman–Crippen LogP) is 6.95. The van der Waals surface area contributed by atoms with E-state index in [4.69, 9.17) is 9.47 Å². The second-order valence-electron chi connectivity index (χ2n) is 7.98. The van der Waals surface area contributed by atoms with Gasteiger partial charge in [0, 0.05) is 0 Å². The average molecular weight is 431 g/mol. The lowest BCUT2D eigenvalue weighted by molar-refractivity contribution is 0.0719. The molecule has 32 heavy (non-hydrogen) atoms. The molecular weight excluding hydrogens is 400 g/mol. The lowest BCUT2D eigenvalue weighted by Gasteiger charge is -2.08. The molecule has 0 unspecified atom stereocenters. The van der Waals surface area contributed by atoms with Crippen molar-refractivity contribution in [2.24, 2.45) is 0 Å². The molecule has 0 saturated heterocycles. The van der Waals surface area contributed by atoms with Crippen LogP contribution in [0.25, 0.3) is 0 Å². The average Bonchev–Trinajstić information content (AvgIpc) is 2.81. The van der Waals surface area contributed by atoms with Crippen molar-refractivity contribution in [3.05, 3.63) is 95.1 Å². The Morgan fingerprint density at radius 1 is 0.625 bits per heavy atom. The van der Waals surface area contributed by atoms with Crippen molar-refractivity contribution in [1.29, 1.82) is 0 Å². The lowest BCUT2D eigenvalue weighted by atomic mass is 10.0. The molecule has 4 heteroatoms. The van der Waals surface area contributed by atoms with Gasteiger partial charge in [0.15, 0.2) is 0 Å². The zero-order chi connectivity index (χ0) is 22.8. The van der Waals surface area contributed by atoms with Gasteiger partial charge in [0.1, 0.15) is 11.5 Å². The fraction of sp³-hybridized carbons (Fsp3) is 0.286. The third-order valence-electron chi connectivity index (χ3n) is 5.29. The Kier molecular flexibility index (Phi) is 8.61. The van der Waals surface area contributed by atoms with E-state index < -0.39 is 11.9 Å². The first-order chi connectivity index (χ1) is 15.5. The summed E-state index contributed by atoms with van der Waals surface area (Å²) in [6, 6.07) is 21.2. The first-order valence-corrected chi connectivity index (χ1v) is 11.2. The van der Waals surface area contributed by atoms with Crippen molar-refractivity contribution in [3.8, 4) is 11.5 Å². The van der Waals surface area contributed by atoms with E-state index >= 15 is 0 Å². The van der Waals surface area contributed by atoms with E-state index in [0.717, 1.165) is 12.0 Å². The van der Waals surface area contributed by atoms with Crippen molar-refractivity contribution in [1.82, 2.24) is 0 Å². The number of rotatable bonds is 10. The van der Waals surface area contributed by atoms with E-state index in [1.54, 1.807) is 48.5 Å². The molecule has 0 N–H and O–H groups in total. The van der Waals surface area contributed by atoms with E-state index in [1.165, 1.54) is 37.7 Å². The molecule has 0 aromatic heterocycles. The van der Waals surface area contributed by atoms with Gasteiger partial charge < -0.3 is 9.47 Å². The van der Waals surface area contributed by atoms with Crippen LogP contribution in [0.5, 0.6) is 11.5 Å². The highest BCUT2D eigenvalue weighted by Gasteiger charge is 2.11. The molecule has 0 radical (unpaired) electrons. The van der Waals surface area contributed by atoms with Crippen molar-refractivity contribution in [3.63, 3.8) is 0 Å². The number of ether oxygens (including phenoxy) is 2. The molecule has 4 nitrogen and oxygen atoms in total. The van der Waals surface area contributed by atoms with Gasteiger partial charge >= 0.3 is 11.9 Å². The number of carbonyl (C=O) groups is 2. The molecular formula is C28H30O4. The fourth-order valence-corrected chi connectivity index (χ4v) is 3.34. The maximum Gasteiger partial charge on any atom is 0.343 e. The highest BCUT2D eigenvalue weighted by molar-refractivity contribution is 5.92. The monoisotopic (exact) mass is 430 g/mol. The van der Waals surface area contributed by atoms with Crippen molar-refractivity contribution < 1.29 is 19.1 Å². The minimum Gasteiger partial charge on any atom is -0.423 e. The summed E-state index contributed by atoms with van der Waals surface area (Å²) < 4.78 is 10.8. The fourth-order valence-electron chi connectivity index (χ4n) is 3.34. The summed E-state index contributed by atoms with van der Waals surface area (Å²) in [5.41, 5.74) is 3.30. The second kappa shape index (κ2) is 11.8. The normalized spacial score (nSPS) is 10.6. The molecule has 0 fully saturated rings. The molecule has 3 rings (SSSR count). The number of benzene rings is 3. The SMILES string of the molecule is CCCCCCCc1ccc(C(=O)Oc2ccc(OC(=O)c3ccc(C)cc3)cc2)cc1. The van der Waals surface area contributed by atoms with Crippen LogP contribution in [0.3, 0.4) is 0 Å². The molecule has 0 aliphatic heterocycles. The Morgan fingerprint density at radius 3 is 1.59 bits per heavy atom. The number of carbonyl (C=O) groups excluding carboxylic acids is 2. The summed E-state index contributed by atoms with van der Waals surface area (Å²) in [5, 5.41) is 0. The molecule has 0 aliphatic carbocycles. The second-order valence-corrected chi connectivity index (χ2v) is 7.98. The van der Waals surface area contributed by atoms with Crippen LogP contribution in [-0.4, -0.2) is 11.9 Å². The summed E-state index contributed by atoms with van der Waals surface area (Å²) in [4.78, 5) is 24.6. The molecule has 0 spiro atoms. The van der Waals surface area contributed by atoms with Crippen LogP contribution < -0.4 is 9.47 Å². The Morgan fingerprint density at radius 2 is 1.09 bits per heavy atom. The van der Waals surface area contributed by atoms with E-state index in [9.17, 15) is 9.59 Å². The number of hydrogen-bond acceptors (Lipinski definition) is 4. The Hall–Kier alpha value is -3.40. The molecule has 0 aliphatic rings. The number of hydrogen-bond donors (Lipinski definition) is 0. The van der Waals surface area contributed by atoms with Gasteiger partial charge in [-0.3, -0.25) is 0 Å². The van der Waals surface area contributed by atoms with E-state index in [1.807, 2.05) is 31.2 Å². The summed E-state index contributed by atoms with van der Waals surface area (Å²) in [6.45, 7) is 4.17. The molecule has 3 aromatic rings. The van der Waals surface area contributed by atoms with Gasteiger partial charge in [-0.1, -0.05) is 62.4 Å². The molecule has 0 atom stereocenters. The van der Waals surface area contributed by atoms with Crippen LogP contribution >= 0.6 is 0 Å². The van der Waals surface area contributed by atoms with Gasteiger partial charge in [0.2, 0.25) is 0 Å². The van der Waals surface area contributed by atoms with Crippen molar-refractivity contribution >= 4 is 11.9 Å².